The van der Waals surface area contributed by atoms with Crippen LogP contribution >= 0.6 is 11.3 Å². The maximum atomic E-state index is 6.32. The summed E-state index contributed by atoms with van der Waals surface area (Å²) in [6.45, 7) is 0. The molecule has 0 radical (unpaired) electrons. The van der Waals surface area contributed by atoms with Crippen LogP contribution in [0, 0.1) is 24.3 Å². The third kappa shape index (κ3) is 7.09. The zero-order valence-corrected chi connectivity index (χ0v) is 30.8. The molecule has 52 heavy (non-hydrogen) atoms. The van der Waals surface area contributed by atoms with Crippen molar-refractivity contribution in [2.24, 2.45) is 0 Å². The van der Waals surface area contributed by atoms with Crippen molar-refractivity contribution in [1.82, 2.24) is 24.5 Å². The third-order valence-electron chi connectivity index (χ3n) is 8.08. The minimum atomic E-state index is 0. The number of thiophene rings is 1. The van der Waals surface area contributed by atoms with Crippen molar-refractivity contribution in [3.8, 4) is 62.6 Å². The van der Waals surface area contributed by atoms with Gasteiger partial charge in [-0.25, -0.2) is 9.97 Å². The minimum Gasteiger partial charge on any atom is -0.503 e. The van der Waals surface area contributed by atoms with Crippen LogP contribution in [-0.4, -0.2) is 24.5 Å². The van der Waals surface area contributed by atoms with E-state index < -0.39 is 0 Å². The van der Waals surface area contributed by atoms with Crippen LogP contribution in [-0.2, 0) is 40.8 Å². The second-order valence-corrected chi connectivity index (χ2v) is 12.1. The Labute approximate surface area is 331 Å². The van der Waals surface area contributed by atoms with Crippen LogP contribution in [0.3, 0.4) is 0 Å². The number of benzene rings is 4. The Kier molecular flexibility index (Phi) is 10.5. The van der Waals surface area contributed by atoms with Gasteiger partial charge in [-0.15, -0.1) is 71.8 Å². The van der Waals surface area contributed by atoms with E-state index in [4.69, 9.17) is 19.4 Å². The van der Waals surface area contributed by atoms with E-state index in [9.17, 15) is 0 Å². The molecule has 5 heterocycles. The Morgan fingerprint density at radius 3 is 1.52 bits per heavy atom. The molecule has 5 aromatic heterocycles. The smallest absolute Gasteiger partial charge is 0.503 e. The van der Waals surface area contributed by atoms with Crippen molar-refractivity contribution in [2.45, 2.75) is 0 Å². The van der Waals surface area contributed by atoms with Crippen LogP contribution in [0.2, 0.25) is 0 Å². The van der Waals surface area contributed by atoms with E-state index in [1.165, 1.54) is 0 Å². The first-order chi connectivity index (χ1) is 24.7. The van der Waals surface area contributed by atoms with Gasteiger partial charge in [0, 0.05) is 53.3 Å². The van der Waals surface area contributed by atoms with Crippen LogP contribution in [0.1, 0.15) is 0 Å². The maximum Gasteiger partial charge on any atom is 2.00 e. The number of aromatic nitrogens is 5. The molecule has 0 saturated heterocycles. The van der Waals surface area contributed by atoms with Crippen molar-refractivity contribution in [2.75, 3.05) is 0 Å². The molecule has 0 aliphatic carbocycles. The summed E-state index contributed by atoms with van der Waals surface area (Å²) in [7, 11) is 0. The van der Waals surface area contributed by atoms with Gasteiger partial charge in [0.25, 0.3) is 0 Å². The molecular formula is C42H23N5O2Pd2S. The van der Waals surface area contributed by atoms with E-state index in [1.54, 1.807) is 23.7 Å². The molecular weight excluding hydrogens is 851 g/mol. The number of hydrogen-bond acceptors (Lipinski definition) is 7. The summed E-state index contributed by atoms with van der Waals surface area (Å²) in [5, 5.41) is 6.00. The molecule has 7 nitrogen and oxygen atoms in total. The van der Waals surface area contributed by atoms with Gasteiger partial charge in [-0.3, -0.25) is 0 Å². The SMILES string of the molecule is [Pd+2].[Pd+2].[c-]1c(Oc2[c-]c3c(cc2)c2ccc(Oc4[c-]c(-c5ccccn5)ccc4)[c-]c2n3-c2ncc(-c3ccsc3)cn2)cccc1-c1ccccn1. The van der Waals surface area contributed by atoms with Gasteiger partial charge in [0.05, 0.1) is 0 Å². The summed E-state index contributed by atoms with van der Waals surface area (Å²) in [5.74, 6) is 2.60. The predicted molar refractivity (Wildman–Crippen MR) is 195 cm³/mol. The van der Waals surface area contributed by atoms with Crippen LogP contribution in [0.25, 0.3) is 61.4 Å². The number of nitrogens with zero attached hydrogens (tertiary/aromatic N) is 5. The van der Waals surface area contributed by atoms with Gasteiger partial charge in [-0.1, -0.05) is 47.4 Å². The van der Waals surface area contributed by atoms with Crippen molar-refractivity contribution in [3.05, 3.63) is 163 Å². The number of pyridine rings is 2. The summed E-state index contributed by atoms with van der Waals surface area (Å²) in [4.78, 5) is 18.5. The van der Waals surface area contributed by atoms with Crippen molar-refractivity contribution < 1.29 is 50.3 Å². The number of ether oxygens (including phenoxy) is 2. The monoisotopic (exact) mass is 873 g/mol. The number of rotatable bonds is 8. The molecule has 0 saturated carbocycles. The zero-order chi connectivity index (χ0) is 33.3. The van der Waals surface area contributed by atoms with Crippen LogP contribution < -0.4 is 9.47 Å². The zero-order valence-electron chi connectivity index (χ0n) is 26.9. The van der Waals surface area contributed by atoms with Gasteiger partial charge < -0.3 is 24.0 Å². The molecule has 0 fully saturated rings. The Morgan fingerprint density at radius 1 is 0.500 bits per heavy atom. The first-order valence-electron chi connectivity index (χ1n) is 15.8. The van der Waals surface area contributed by atoms with Gasteiger partial charge >= 0.3 is 40.8 Å². The van der Waals surface area contributed by atoms with Gasteiger partial charge in [0.2, 0.25) is 5.95 Å². The maximum absolute atomic E-state index is 6.32. The fourth-order valence-corrected chi connectivity index (χ4v) is 6.42. The molecule has 254 valence electrons. The Hall–Kier alpha value is -5.32. The second kappa shape index (κ2) is 15.5. The summed E-state index contributed by atoms with van der Waals surface area (Å²) in [5.41, 5.74) is 6.78. The summed E-state index contributed by atoms with van der Waals surface area (Å²) < 4.78 is 14.6. The topological polar surface area (TPSA) is 75.0 Å². The molecule has 0 unspecified atom stereocenters. The molecule has 0 bridgehead atoms. The first kappa shape index (κ1) is 35.1. The molecule has 4 aromatic carbocycles. The van der Waals surface area contributed by atoms with Crippen molar-refractivity contribution >= 4 is 33.1 Å². The second-order valence-electron chi connectivity index (χ2n) is 11.3. The summed E-state index contributed by atoms with van der Waals surface area (Å²) in [6, 6.07) is 46.6. The molecule has 0 N–H and O–H groups in total. The fourth-order valence-electron chi connectivity index (χ4n) is 5.75. The average Bonchev–Trinajstić information content (AvgIpc) is 3.83. The summed E-state index contributed by atoms with van der Waals surface area (Å²) in [6.07, 6.45) is 7.19. The average molecular weight is 875 g/mol. The van der Waals surface area contributed by atoms with E-state index in [0.29, 0.717) is 28.9 Å². The standard InChI is InChI=1S/C42H23N5O2S.2Pd/c1-3-18-43-38(11-1)28-7-5-9-32(21-28)48-34-13-15-36-37-16-14-35(49-33-10-6-8-29(22-33)39-12-2-4-19-44-39)24-41(37)47(40(36)23-34)42-45-25-31(26-46-42)30-17-20-50-27-30;;/h1-20,25-27H;;/q-4;2*+2. The van der Waals surface area contributed by atoms with Gasteiger partial charge in [-0.05, 0) is 45.9 Å². The van der Waals surface area contributed by atoms with Gasteiger partial charge in [0.15, 0.2) is 0 Å². The molecule has 0 atom stereocenters. The summed E-state index contributed by atoms with van der Waals surface area (Å²) >= 11 is 1.63. The van der Waals surface area contributed by atoms with Crippen molar-refractivity contribution in [1.29, 1.82) is 0 Å². The molecule has 9 rings (SSSR count). The molecule has 0 aliphatic heterocycles. The Bertz CT molecular complexity index is 2460. The first-order valence-corrected chi connectivity index (χ1v) is 16.7. The Balaban J connectivity index is 0.00000210. The molecule has 0 amide bonds. The Morgan fingerprint density at radius 2 is 1.04 bits per heavy atom. The normalized spacial score (nSPS) is 10.8. The quantitative estimate of drug-likeness (QED) is 0.112. The van der Waals surface area contributed by atoms with E-state index in [2.05, 4.69) is 45.7 Å². The molecule has 10 heteroatoms. The molecule has 9 aromatic rings. The van der Waals surface area contributed by atoms with Crippen molar-refractivity contribution in [3.63, 3.8) is 0 Å². The largest absolute Gasteiger partial charge is 2.00 e. The molecule has 0 spiro atoms. The predicted octanol–water partition coefficient (Wildman–Crippen LogP) is 10.2. The van der Waals surface area contributed by atoms with E-state index in [0.717, 1.165) is 55.4 Å². The molecule has 0 aliphatic rings. The van der Waals surface area contributed by atoms with Crippen LogP contribution in [0.5, 0.6) is 23.0 Å². The number of fused-ring (bicyclic) bond motifs is 3. The van der Waals surface area contributed by atoms with Crippen LogP contribution in [0.15, 0.2) is 139 Å². The van der Waals surface area contributed by atoms with Crippen LogP contribution in [0.4, 0.5) is 0 Å². The minimum absolute atomic E-state index is 0. The van der Waals surface area contributed by atoms with Gasteiger partial charge in [-0.2, -0.15) is 34.2 Å². The van der Waals surface area contributed by atoms with Gasteiger partial charge in [0.1, 0.15) is 0 Å². The third-order valence-corrected chi connectivity index (χ3v) is 8.77. The number of hydrogen-bond donors (Lipinski definition) is 0. The fraction of sp³-hybridized carbons (Fsp3) is 0. The van der Waals surface area contributed by atoms with E-state index in [-0.39, 0.29) is 40.8 Å². The van der Waals surface area contributed by atoms with E-state index in [1.807, 2.05) is 119 Å². The van der Waals surface area contributed by atoms with E-state index >= 15 is 0 Å².